The van der Waals surface area contributed by atoms with Gasteiger partial charge in [0.25, 0.3) is 6.71 Å². The van der Waals surface area contributed by atoms with E-state index in [2.05, 4.69) is 175 Å². The van der Waals surface area contributed by atoms with Crippen molar-refractivity contribution >= 4 is 44.9 Å². The summed E-state index contributed by atoms with van der Waals surface area (Å²) in [6, 6.07) is 47.9. The van der Waals surface area contributed by atoms with Crippen molar-refractivity contribution in [2.75, 3.05) is 0 Å². The van der Waals surface area contributed by atoms with E-state index < -0.39 is 0 Å². The molecule has 0 radical (unpaired) electrons. The number of ether oxygens (including phenoxy) is 3. The standard InChI is InChI=1S/C58H53BN4O3.Pt/c1-34-25-35(2)63(61-34)41-13-12-14-42(32-41)64-43-18-19-44-45-26-36(15-22-48(45)62(49(44)33-43)54-31-40(23-24-60-54)58(9,10)11)37-27-52-55-53(28-37)66-51-30-39(57(6,7)8)17-21-47(51)59(55)46-20-16-38(56(3,4)5)29-50(46)65-52;/h12-31H,1-11H3;/q-2;+2. The van der Waals surface area contributed by atoms with Crippen LogP contribution >= 0.6 is 0 Å². The summed E-state index contributed by atoms with van der Waals surface area (Å²) in [4.78, 5) is 4.96. The third kappa shape index (κ3) is 7.77. The second kappa shape index (κ2) is 15.9. The third-order valence-corrected chi connectivity index (χ3v) is 13.2. The van der Waals surface area contributed by atoms with Gasteiger partial charge in [0, 0.05) is 34.4 Å². The van der Waals surface area contributed by atoms with Gasteiger partial charge in [0.05, 0.1) is 5.69 Å². The Balaban J connectivity index is 0.00000525. The summed E-state index contributed by atoms with van der Waals surface area (Å²) < 4.78 is 24.5. The van der Waals surface area contributed by atoms with Crippen LogP contribution in [-0.4, -0.2) is 26.0 Å². The van der Waals surface area contributed by atoms with E-state index in [4.69, 9.17) is 19.2 Å². The molecule has 2 aliphatic heterocycles. The van der Waals surface area contributed by atoms with Crippen molar-refractivity contribution < 1.29 is 35.3 Å². The number of aryl methyl sites for hydroxylation is 2. The van der Waals surface area contributed by atoms with Crippen LogP contribution < -0.4 is 30.6 Å². The second-order valence-corrected chi connectivity index (χ2v) is 21.2. The fourth-order valence-electron chi connectivity index (χ4n) is 9.61. The van der Waals surface area contributed by atoms with Gasteiger partial charge in [0.2, 0.25) is 0 Å². The molecule has 0 unspecified atom stereocenters. The van der Waals surface area contributed by atoms with Crippen LogP contribution in [0, 0.1) is 26.0 Å². The Bertz CT molecular complexity index is 3370. The number of hydrogen-bond donors (Lipinski definition) is 0. The Morgan fingerprint density at radius 2 is 1.21 bits per heavy atom. The zero-order valence-electron chi connectivity index (χ0n) is 40.0. The van der Waals surface area contributed by atoms with Crippen LogP contribution in [0.4, 0.5) is 0 Å². The molecule has 9 heteroatoms. The first-order chi connectivity index (χ1) is 31.4. The summed E-state index contributed by atoms with van der Waals surface area (Å²) >= 11 is 0. The molecule has 3 aromatic heterocycles. The van der Waals surface area contributed by atoms with Gasteiger partial charge in [-0.15, -0.1) is 35.7 Å². The molecule has 11 rings (SSSR count). The van der Waals surface area contributed by atoms with Crippen LogP contribution in [0.1, 0.15) is 90.4 Å². The topological polar surface area (TPSA) is 63.3 Å². The van der Waals surface area contributed by atoms with Crippen molar-refractivity contribution in [3.05, 3.63) is 162 Å². The summed E-state index contributed by atoms with van der Waals surface area (Å²) in [5, 5.41) is 6.76. The first kappa shape index (κ1) is 44.5. The fourth-order valence-corrected chi connectivity index (χ4v) is 9.61. The van der Waals surface area contributed by atoms with E-state index in [0.717, 1.165) is 95.2 Å². The molecular weight excluding hydrogens is 1010 g/mol. The molecule has 0 N–H and O–H groups in total. The molecule has 0 saturated carbocycles. The van der Waals surface area contributed by atoms with E-state index in [-0.39, 0.29) is 44.0 Å². The Hall–Kier alpha value is -6.37. The number of fused-ring (bicyclic) bond motifs is 7. The minimum Gasteiger partial charge on any atom is -0.509 e. The average molecular weight is 1060 g/mol. The van der Waals surface area contributed by atoms with Crippen LogP contribution in [0.2, 0.25) is 0 Å². The van der Waals surface area contributed by atoms with Gasteiger partial charge in [-0.3, -0.25) is 4.68 Å². The van der Waals surface area contributed by atoms with Gasteiger partial charge in [-0.25, -0.2) is 4.98 Å². The van der Waals surface area contributed by atoms with Crippen LogP contribution in [0.25, 0.3) is 44.4 Å². The molecule has 5 heterocycles. The van der Waals surface area contributed by atoms with Crippen molar-refractivity contribution in [3.63, 3.8) is 0 Å². The molecule has 0 bridgehead atoms. The van der Waals surface area contributed by atoms with Crippen molar-refractivity contribution in [2.45, 2.75) is 92.4 Å². The summed E-state index contributed by atoms with van der Waals surface area (Å²) in [6.45, 7) is 24.2. The normalized spacial score (nSPS) is 13.1. The van der Waals surface area contributed by atoms with Crippen molar-refractivity contribution in [2.24, 2.45) is 0 Å². The predicted molar refractivity (Wildman–Crippen MR) is 269 cm³/mol. The molecule has 0 saturated heterocycles. The number of aromatic nitrogens is 4. The maximum atomic E-state index is 6.96. The minimum absolute atomic E-state index is 0. The van der Waals surface area contributed by atoms with Gasteiger partial charge in [-0.2, -0.15) is 17.2 Å². The SMILES string of the molecule is Cc1cc(C)n(-c2[c-]c(Oc3[c-]c4c(cc3)c3cc(-c5cc6c7c(c5)Oc5cc(C(C)(C)C)ccc5B7c5ccc(C(C)(C)C)cc5O6)ccc3n4-c3cc(C(C)(C)C)ccn3)ccc2)n1.[Pt+2]. The second-order valence-electron chi connectivity index (χ2n) is 21.2. The van der Waals surface area contributed by atoms with Crippen LogP contribution in [-0.2, 0) is 37.3 Å². The summed E-state index contributed by atoms with van der Waals surface area (Å²) in [5.41, 5.74) is 13.6. The molecule has 336 valence electrons. The molecule has 0 atom stereocenters. The van der Waals surface area contributed by atoms with Crippen LogP contribution in [0.3, 0.4) is 0 Å². The first-order valence-electron chi connectivity index (χ1n) is 22.9. The van der Waals surface area contributed by atoms with Gasteiger partial charge in [-0.05, 0) is 128 Å². The Morgan fingerprint density at radius 1 is 0.582 bits per heavy atom. The van der Waals surface area contributed by atoms with Gasteiger partial charge in [-0.1, -0.05) is 104 Å². The Morgan fingerprint density at radius 3 is 1.82 bits per heavy atom. The van der Waals surface area contributed by atoms with Gasteiger partial charge < -0.3 is 18.8 Å². The van der Waals surface area contributed by atoms with E-state index >= 15 is 0 Å². The van der Waals surface area contributed by atoms with Gasteiger partial charge in [0.1, 0.15) is 28.8 Å². The number of nitrogens with zero attached hydrogens (tertiary/aromatic N) is 4. The molecule has 67 heavy (non-hydrogen) atoms. The molecular formula is C58H53BN4O3Pt. The quantitative estimate of drug-likeness (QED) is 0.127. The van der Waals surface area contributed by atoms with Crippen molar-refractivity contribution in [1.29, 1.82) is 0 Å². The summed E-state index contributed by atoms with van der Waals surface area (Å²) in [5.74, 6) is 5.38. The van der Waals surface area contributed by atoms with Crippen molar-refractivity contribution in [1.82, 2.24) is 19.3 Å². The maximum Gasteiger partial charge on any atom is 2.00 e. The molecule has 0 fully saturated rings. The smallest absolute Gasteiger partial charge is 0.509 e. The molecule has 9 aromatic rings. The van der Waals surface area contributed by atoms with Gasteiger partial charge >= 0.3 is 21.1 Å². The fraction of sp³-hybridized carbons (Fsp3) is 0.241. The monoisotopic (exact) mass is 1060 g/mol. The zero-order chi connectivity index (χ0) is 46.0. The van der Waals surface area contributed by atoms with Crippen molar-refractivity contribution in [3.8, 4) is 57.1 Å². The molecule has 0 aliphatic carbocycles. The van der Waals surface area contributed by atoms with E-state index in [1.165, 1.54) is 16.7 Å². The largest absolute Gasteiger partial charge is 2.00 e. The first-order valence-corrected chi connectivity index (χ1v) is 22.9. The number of pyridine rings is 1. The van der Waals surface area contributed by atoms with E-state index in [9.17, 15) is 0 Å². The van der Waals surface area contributed by atoms with E-state index in [1.54, 1.807) is 0 Å². The maximum absolute atomic E-state index is 6.96. The Kier molecular flexibility index (Phi) is 10.5. The molecule has 6 aromatic carbocycles. The van der Waals surface area contributed by atoms with E-state index in [0.29, 0.717) is 11.5 Å². The Labute approximate surface area is 408 Å². The summed E-state index contributed by atoms with van der Waals surface area (Å²) in [6.07, 6.45) is 1.90. The zero-order valence-corrected chi connectivity index (χ0v) is 42.2. The number of rotatable bonds is 5. The number of benzene rings is 6. The minimum atomic E-state index is -0.0759. The number of hydrogen-bond acceptors (Lipinski definition) is 5. The van der Waals surface area contributed by atoms with Gasteiger partial charge in [0.15, 0.2) is 0 Å². The average Bonchev–Trinajstić information content (AvgIpc) is 3.79. The van der Waals surface area contributed by atoms with Crippen LogP contribution in [0.15, 0.2) is 121 Å². The third-order valence-electron chi connectivity index (χ3n) is 13.2. The molecule has 0 spiro atoms. The molecule has 0 amide bonds. The molecule has 7 nitrogen and oxygen atoms in total. The van der Waals surface area contributed by atoms with Crippen LogP contribution in [0.5, 0.6) is 34.5 Å². The predicted octanol–water partition coefficient (Wildman–Crippen LogP) is 12.7. The van der Waals surface area contributed by atoms with E-state index in [1.807, 2.05) is 49.0 Å². The summed E-state index contributed by atoms with van der Waals surface area (Å²) in [7, 11) is 0. The molecule has 2 aliphatic rings.